The summed E-state index contributed by atoms with van der Waals surface area (Å²) in [5.41, 5.74) is 3.44. The number of amides is 1. The Labute approximate surface area is 170 Å². The first-order valence-electron chi connectivity index (χ1n) is 9.41. The molecule has 0 fully saturated rings. The molecule has 0 aliphatic rings. The monoisotopic (exact) mass is 394 g/mol. The second-order valence-electron chi connectivity index (χ2n) is 7.26. The number of carbonyl (C=O) groups is 1. The van der Waals surface area contributed by atoms with Gasteiger partial charge in [-0.05, 0) is 58.5 Å². The molecule has 152 valence electrons. The highest BCUT2D eigenvalue weighted by atomic mass is 16.3. The van der Waals surface area contributed by atoms with Crippen LogP contribution in [0.4, 0.5) is 5.82 Å². The van der Waals surface area contributed by atoms with Gasteiger partial charge in [-0.2, -0.15) is 9.78 Å². The number of benzene rings is 1. The van der Waals surface area contributed by atoms with Crippen molar-refractivity contribution in [3.8, 4) is 11.7 Å². The van der Waals surface area contributed by atoms with Crippen LogP contribution in [0.25, 0.3) is 5.95 Å². The summed E-state index contributed by atoms with van der Waals surface area (Å²) in [6.45, 7) is 7.85. The Morgan fingerprint density at radius 2 is 1.72 bits per heavy atom. The van der Waals surface area contributed by atoms with Crippen LogP contribution in [-0.2, 0) is 4.79 Å². The number of hydrogen-bond acceptors (Lipinski definition) is 6. The van der Waals surface area contributed by atoms with Gasteiger partial charge in [0.05, 0.1) is 12.2 Å². The van der Waals surface area contributed by atoms with E-state index in [9.17, 15) is 9.90 Å². The maximum Gasteiger partial charge on any atom is 0.252 e. The fourth-order valence-corrected chi connectivity index (χ4v) is 3.10. The first kappa shape index (κ1) is 20.5. The summed E-state index contributed by atoms with van der Waals surface area (Å²) in [7, 11) is 1.88. The maximum atomic E-state index is 12.7. The second-order valence-corrected chi connectivity index (χ2v) is 7.26. The molecule has 1 atom stereocenters. The Kier molecular flexibility index (Phi) is 5.93. The van der Waals surface area contributed by atoms with E-state index in [0.717, 1.165) is 22.6 Å². The van der Waals surface area contributed by atoms with Gasteiger partial charge in [-0.25, -0.2) is 9.97 Å². The first-order valence-corrected chi connectivity index (χ1v) is 9.41. The molecular weight excluding hydrogens is 368 g/mol. The van der Waals surface area contributed by atoms with E-state index in [1.807, 2.05) is 57.8 Å². The topological polar surface area (TPSA) is 96.2 Å². The number of hydrogen-bond donors (Lipinski definition) is 2. The standard InChI is InChI=1S/C21H26N6O2/c1-13-10-14(2)23-21(22-13)27-19(11-15(3)25-27)24-20(29)12-26(5)16(4)17-6-8-18(28)9-7-17/h6-11,16,28H,12H2,1-5H3,(H,24,29)/t16-/m1/s1. The number of rotatable bonds is 6. The lowest BCUT2D eigenvalue weighted by atomic mass is 10.1. The van der Waals surface area contributed by atoms with Crippen LogP contribution in [0.5, 0.6) is 5.75 Å². The van der Waals surface area contributed by atoms with Crippen molar-refractivity contribution in [3.63, 3.8) is 0 Å². The zero-order chi connectivity index (χ0) is 21.1. The van der Waals surface area contributed by atoms with Gasteiger partial charge in [0.1, 0.15) is 11.6 Å². The smallest absolute Gasteiger partial charge is 0.252 e. The van der Waals surface area contributed by atoms with Crippen molar-refractivity contribution in [1.29, 1.82) is 0 Å². The van der Waals surface area contributed by atoms with Gasteiger partial charge < -0.3 is 10.4 Å². The van der Waals surface area contributed by atoms with Crippen molar-refractivity contribution in [3.05, 3.63) is 59.0 Å². The molecule has 0 radical (unpaired) electrons. The first-order chi connectivity index (χ1) is 13.7. The molecule has 0 aliphatic heterocycles. The van der Waals surface area contributed by atoms with Crippen LogP contribution in [0.3, 0.4) is 0 Å². The highest BCUT2D eigenvalue weighted by Crippen LogP contribution is 2.21. The molecule has 3 rings (SSSR count). The van der Waals surface area contributed by atoms with Crippen molar-refractivity contribution in [2.75, 3.05) is 18.9 Å². The molecular formula is C21H26N6O2. The molecule has 8 heteroatoms. The molecule has 2 heterocycles. The van der Waals surface area contributed by atoms with Crippen LogP contribution in [0.2, 0.25) is 0 Å². The third-order valence-electron chi connectivity index (χ3n) is 4.69. The van der Waals surface area contributed by atoms with Gasteiger partial charge in [0.25, 0.3) is 5.95 Å². The zero-order valence-corrected chi connectivity index (χ0v) is 17.3. The number of carbonyl (C=O) groups excluding carboxylic acids is 1. The number of phenols is 1. The van der Waals surface area contributed by atoms with Crippen LogP contribution in [0, 0.1) is 20.8 Å². The Morgan fingerprint density at radius 1 is 1.10 bits per heavy atom. The van der Waals surface area contributed by atoms with Gasteiger partial charge in [0.2, 0.25) is 5.91 Å². The van der Waals surface area contributed by atoms with E-state index < -0.39 is 0 Å². The van der Waals surface area contributed by atoms with Gasteiger partial charge in [0, 0.05) is 23.5 Å². The number of anilines is 1. The minimum absolute atomic E-state index is 0.00996. The van der Waals surface area contributed by atoms with E-state index >= 15 is 0 Å². The molecule has 1 amide bonds. The summed E-state index contributed by atoms with van der Waals surface area (Å²) < 4.78 is 1.55. The minimum Gasteiger partial charge on any atom is -0.508 e. The molecule has 3 aromatic rings. The molecule has 0 unspecified atom stereocenters. The van der Waals surface area contributed by atoms with E-state index in [-0.39, 0.29) is 24.2 Å². The Balaban J connectivity index is 1.73. The fourth-order valence-electron chi connectivity index (χ4n) is 3.10. The minimum atomic E-state index is -0.163. The highest BCUT2D eigenvalue weighted by molar-refractivity contribution is 5.91. The Hall–Kier alpha value is -3.26. The number of aromatic hydroxyl groups is 1. The summed E-state index contributed by atoms with van der Waals surface area (Å²) in [5.74, 6) is 1.02. The lowest BCUT2D eigenvalue weighted by Gasteiger charge is -2.24. The molecule has 29 heavy (non-hydrogen) atoms. The molecule has 1 aromatic carbocycles. The van der Waals surface area contributed by atoms with Crippen molar-refractivity contribution in [1.82, 2.24) is 24.6 Å². The largest absolute Gasteiger partial charge is 0.508 e. The fraction of sp³-hybridized carbons (Fsp3) is 0.333. The molecule has 2 N–H and O–H groups in total. The van der Waals surface area contributed by atoms with Crippen molar-refractivity contribution >= 4 is 11.7 Å². The van der Waals surface area contributed by atoms with Crippen molar-refractivity contribution < 1.29 is 9.90 Å². The number of nitrogens with zero attached hydrogens (tertiary/aromatic N) is 5. The summed E-state index contributed by atoms with van der Waals surface area (Å²) in [5, 5.41) is 16.8. The molecule has 0 saturated heterocycles. The number of phenolic OH excluding ortho intramolecular Hbond substituents is 1. The van der Waals surface area contributed by atoms with Crippen molar-refractivity contribution in [2.24, 2.45) is 0 Å². The quantitative estimate of drug-likeness (QED) is 0.667. The average Bonchev–Trinajstić information content (AvgIpc) is 3.01. The van der Waals surface area contributed by atoms with Gasteiger partial charge >= 0.3 is 0 Å². The summed E-state index contributed by atoms with van der Waals surface area (Å²) in [4.78, 5) is 23.5. The van der Waals surface area contributed by atoms with E-state index in [0.29, 0.717) is 11.8 Å². The second kappa shape index (κ2) is 8.40. The molecule has 0 saturated carbocycles. The normalized spacial score (nSPS) is 12.2. The molecule has 2 aromatic heterocycles. The van der Waals surface area contributed by atoms with Gasteiger partial charge in [-0.15, -0.1) is 0 Å². The SMILES string of the molecule is Cc1cc(C)nc(-n2nc(C)cc2NC(=O)CN(C)[C@H](C)c2ccc(O)cc2)n1. The van der Waals surface area contributed by atoms with E-state index in [2.05, 4.69) is 20.4 Å². The Morgan fingerprint density at radius 3 is 2.34 bits per heavy atom. The highest BCUT2D eigenvalue weighted by Gasteiger charge is 2.18. The predicted octanol–water partition coefficient (Wildman–Crippen LogP) is 2.92. The molecule has 0 bridgehead atoms. The molecule has 0 aliphatic carbocycles. The summed E-state index contributed by atoms with van der Waals surface area (Å²) >= 11 is 0. The number of likely N-dealkylation sites (N-methyl/N-ethyl adjacent to an activating group) is 1. The van der Waals surface area contributed by atoms with E-state index in [4.69, 9.17) is 0 Å². The van der Waals surface area contributed by atoms with Gasteiger partial charge in [-0.1, -0.05) is 12.1 Å². The van der Waals surface area contributed by atoms with Gasteiger partial charge in [-0.3, -0.25) is 9.69 Å². The van der Waals surface area contributed by atoms with E-state index in [1.165, 1.54) is 0 Å². The van der Waals surface area contributed by atoms with Crippen LogP contribution >= 0.6 is 0 Å². The third kappa shape index (κ3) is 4.97. The number of aromatic nitrogens is 4. The van der Waals surface area contributed by atoms with Crippen LogP contribution in [0.1, 0.15) is 35.6 Å². The third-order valence-corrected chi connectivity index (χ3v) is 4.69. The summed E-state index contributed by atoms with van der Waals surface area (Å²) in [6, 6.07) is 10.7. The summed E-state index contributed by atoms with van der Waals surface area (Å²) in [6.07, 6.45) is 0. The van der Waals surface area contributed by atoms with Crippen LogP contribution in [-0.4, -0.2) is 49.3 Å². The average molecular weight is 394 g/mol. The lowest BCUT2D eigenvalue weighted by molar-refractivity contribution is -0.117. The van der Waals surface area contributed by atoms with E-state index in [1.54, 1.807) is 22.9 Å². The number of aryl methyl sites for hydroxylation is 3. The zero-order valence-electron chi connectivity index (χ0n) is 17.3. The Bertz CT molecular complexity index is 992. The van der Waals surface area contributed by atoms with Crippen LogP contribution < -0.4 is 5.32 Å². The van der Waals surface area contributed by atoms with Crippen molar-refractivity contribution in [2.45, 2.75) is 33.7 Å². The molecule has 0 spiro atoms. The maximum absolute atomic E-state index is 12.7. The van der Waals surface area contributed by atoms with Crippen LogP contribution in [0.15, 0.2) is 36.4 Å². The number of nitrogens with one attached hydrogen (secondary N) is 1. The van der Waals surface area contributed by atoms with Gasteiger partial charge in [0.15, 0.2) is 0 Å². The molecule has 8 nitrogen and oxygen atoms in total. The lowest BCUT2D eigenvalue weighted by Crippen LogP contribution is -2.32. The predicted molar refractivity (Wildman–Crippen MR) is 111 cm³/mol.